The number of carboxylic acids is 2. The predicted molar refractivity (Wildman–Crippen MR) is 97.3 cm³/mol. The van der Waals surface area contributed by atoms with E-state index in [0.717, 1.165) is 0 Å². The van der Waals surface area contributed by atoms with Crippen LogP contribution in [0.2, 0.25) is 0 Å². The number of carboxylic acid groups (broad SMARTS) is 2. The summed E-state index contributed by atoms with van der Waals surface area (Å²) in [4.78, 5) is 64.3. The van der Waals surface area contributed by atoms with E-state index in [1.54, 1.807) is 0 Å². The Bertz CT molecular complexity index is 736. The average Bonchev–Trinajstić information content (AvgIpc) is 3.16. The van der Waals surface area contributed by atoms with Crippen LogP contribution in [0, 0.1) is 0 Å². The number of aromatic amines is 1. The van der Waals surface area contributed by atoms with E-state index < -0.39 is 54.3 Å². The summed E-state index contributed by atoms with van der Waals surface area (Å²) in [6.07, 6.45) is 2.43. The third kappa shape index (κ3) is 8.83. The van der Waals surface area contributed by atoms with Gasteiger partial charge in [0.15, 0.2) is 0 Å². The number of nitrogens with two attached hydrogens (primary N) is 1. The van der Waals surface area contributed by atoms with Crippen LogP contribution in [-0.4, -0.2) is 74.5 Å². The molecule has 3 unspecified atom stereocenters. The van der Waals surface area contributed by atoms with E-state index in [9.17, 15) is 24.0 Å². The van der Waals surface area contributed by atoms with E-state index >= 15 is 0 Å². The molecule has 1 rings (SSSR count). The third-order valence-electron chi connectivity index (χ3n) is 3.78. The lowest BCUT2D eigenvalue weighted by atomic mass is 10.1. The van der Waals surface area contributed by atoms with Crippen molar-refractivity contribution in [2.24, 2.45) is 5.73 Å². The fraction of sp³-hybridized carbons (Fsp3) is 0.500. The van der Waals surface area contributed by atoms with E-state index in [1.807, 2.05) is 0 Å². The van der Waals surface area contributed by atoms with Gasteiger partial charge in [-0.15, -0.1) is 0 Å². The van der Waals surface area contributed by atoms with Crippen molar-refractivity contribution in [3.8, 4) is 0 Å². The summed E-state index contributed by atoms with van der Waals surface area (Å²) < 4.78 is 0. The molecule has 0 spiro atoms. The number of rotatable bonds is 12. The molecule has 0 bridgehead atoms. The van der Waals surface area contributed by atoms with E-state index in [0.29, 0.717) is 5.69 Å². The fourth-order valence-corrected chi connectivity index (χ4v) is 2.20. The van der Waals surface area contributed by atoms with Gasteiger partial charge in [-0.25, -0.2) is 4.98 Å². The Balaban J connectivity index is 2.69. The van der Waals surface area contributed by atoms with Crippen molar-refractivity contribution in [1.82, 2.24) is 25.9 Å². The van der Waals surface area contributed by atoms with Crippen LogP contribution in [0.1, 0.15) is 25.5 Å². The van der Waals surface area contributed by atoms with Gasteiger partial charge in [-0.2, -0.15) is 0 Å². The topological polar surface area (TPSA) is 217 Å². The van der Waals surface area contributed by atoms with Crippen LogP contribution < -0.4 is 21.7 Å². The number of nitrogens with zero attached hydrogens (tertiary/aromatic N) is 1. The first-order chi connectivity index (χ1) is 13.6. The molecule has 0 saturated heterocycles. The Morgan fingerprint density at radius 3 is 2.34 bits per heavy atom. The Hall–Kier alpha value is -3.48. The summed E-state index contributed by atoms with van der Waals surface area (Å²) in [6, 6.07) is -3.31. The van der Waals surface area contributed by atoms with Crippen LogP contribution in [0.5, 0.6) is 0 Å². The van der Waals surface area contributed by atoms with Gasteiger partial charge in [-0.3, -0.25) is 24.0 Å². The summed E-state index contributed by atoms with van der Waals surface area (Å²) in [5.74, 6) is -4.51. The molecule has 13 heteroatoms. The molecule has 0 aliphatic heterocycles. The molecule has 3 amide bonds. The normalized spacial score (nSPS) is 13.6. The first kappa shape index (κ1) is 23.6. The molecule has 8 N–H and O–H groups in total. The first-order valence-electron chi connectivity index (χ1n) is 8.65. The van der Waals surface area contributed by atoms with Crippen LogP contribution in [-0.2, 0) is 30.4 Å². The van der Waals surface area contributed by atoms with Crippen LogP contribution in [0.3, 0.4) is 0 Å². The smallest absolute Gasteiger partial charge is 0.322 e. The van der Waals surface area contributed by atoms with Crippen molar-refractivity contribution in [3.63, 3.8) is 0 Å². The quantitative estimate of drug-likeness (QED) is 0.190. The second-order valence-corrected chi connectivity index (χ2v) is 6.22. The fourth-order valence-electron chi connectivity index (χ4n) is 2.20. The summed E-state index contributed by atoms with van der Waals surface area (Å²) in [6.45, 7) is 0.735. The highest BCUT2D eigenvalue weighted by molar-refractivity contribution is 5.93. The maximum Gasteiger partial charge on any atom is 0.322 e. The highest BCUT2D eigenvalue weighted by atomic mass is 16.4. The molecule has 0 radical (unpaired) electrons. The van der Waals surface area contributed by atoms with Gasteiger partial charge in [0.05, 0.1) is 12.4 Å². The predicted octanol–water partition coefficient (Wildman–Crippen LogP) is -2.67. The SMILES string of the molecule is CC(NC(=O)C(N)CCC(=O)O)C(=O)NC(Cc1cnc[nH]1)C(=O)NCC(=O)O. The standard InChI is InChI=1S/C16H24N6O7/c1-8(21-15(28)10(17)2-3-12(23)24)14(27)22-11(4-9-5-18-7-20-9)16(29)19-6-13(25)26/h5,7-8,10-11H,2-4,6,17H2,1H3,(H,18,20)(H,19,29)(H,21,28)(H,22,27)(H,23,24)(H,25,26). The summed E-state index contributed by atoms with van der Waals surface area (Å²) in [7, 11) is 0. The van der Waals surface area contributed by atoms with Crippen LogP contribution in [0.25, 0.3) is 0 Å². The number of aromatic nitrogens is 2. The number of hydrogen-bond acceptors (Lipinski definition) is 7. The van der Waals surface area contributed by atoms with Crippen molar-refractivity contribution >= 4 is 29.7 Å². The highest BCUT2D eigenvalue weighted by Crippen LogP contribution is 2.01. The minimum absolute atomic E-state index is 0.00991. The molecule has 1 aromatic heterocycles. The second kappa shape index (κ2) is 11.4. The van der Waals surface area contributed by atoms with E-state index in [1.165, 1.54) is 19.4 Å². The summed E-state index contributed by atoms with van der Waals surface area (Å²) in [5.41, 5.74) is 6.11. The molecule has 29 heavy (non-hydrogen) atoms. The van der Waals surface area contributed by atoms with Gasteiger partial charge in [0.2, 0.25) is 17.7 Å². The number of H-pyrrole nitrogens is 1. The summed E-state index contributed by atoms with van der Waals surface area (Å²) in [5, 5.41) is 24.2. The van der Waals surface area contributed by atoms with Gasteiger partial charge in [0.1, 0.15) is 18.6 Å². The monoisotopic (exact) mass is 412 g/mol. The molecule has 0 aliphatic rings. The van der Waals surface area contributed by atoms with E-state index in [-0.39, 0.29) is 19.3 Å². The van der Waals surface area contributed by atoms with Crippen LogP contribution >= 0.6 is 0 Å². The number of carbonyl (C=O) groups excluding carboxylic acids is 3. The average molecular weight is 412 g/mol. The maximum atomic E-state index is 12.4. The van der Waals surface area contributed by atoms with Crippen LogP contribution in [0.15, 0.2) is 12.5 Å². The van der Waals surface area contributed by atoms with Crippen molar-refractivity contribution in [3.05, 3.63) is 18.2 Å². The first-order valence-corrected chi connectivity index (χ1v) is 8.65. The van der Waals surface area contributed by atoms with E-state index in [4.69, 9.17) is 15.9 Å². The van der Waals surface area contributed by atoms with Gasteiger partial charge >= 0.3 is 11.9 Å². The molecule has 0 aliphatic carbocycles. The number of nitrogens with one attached hydrogen (secondary N) is 4. The van der Waals surface area contributed by atoms with Crippen LogP contribution in [0.4, 0.5) is 0 Å². The Morgan fingerprint density at radius 2 is 1.79 bits per heavy atom. The molecule has 13 nitrogen and oxygen atoms in total. The molecule has 0 fully saturated rings. The lowest BCUT2D eigenvalue weighted by molar-refractivity contribution is -0.139. The second-order valence-electron chi connectivity index (χ2n) is 6.22. The lowest BCUT2D eigenvalue weighted by Crippen LogP contribution is -2.55. The minimum atomic E-state index is -1.25. The molecule has 0 saturated carbocycles. The van der Waals surface area contributed by atoms with Crippen molar-refractivity contribution < 1.29 is 34.2 Å². The number of hydrogen-bond donors (Lipinski definition) is 7. The molecule has 0 aromatic carbocycles. The summed E-state index contributed by atoms with van der Waals surface area (Å²) >= 11 is 0. The van der Waals surface area contributed by atoms with E-state index in [2.05, 4.69) is 25.9 Å². The van der Waals surface area contributed by atoms with Gasteiger partial charge < -0.3 is 36.9 Å². The molecule has 160 valence electrons. The number of carbonyl (C=O) groups is 5. The zero-order valence-corrected chi connectivity index (χ0v) is 15.7. The highest BCUT2D eigenvalue weighted by Gasteiger charge is 2.26. The van der Waals surface area contributed by atoms with Crippen molar-refractivity contribution in [2.45, 2.75) is 44.3 Å². The van der Waals surface area contributed by atoms with Gasteiger partial charge in [0.25, 0.3) is 0 Å². The van der Waals surface area contributed by atoms with Crippen molar-refractivity contribution in [1.29, 1.82) is 0 Å². The zero-order chi connectivity index (χ0) is 22.0. The number of amides is 3. The third-order valence-corrected chi connectivity index (χ3v) is 3.78. The molecular weight excluding hydrogens is 388 g/mol. The Labute approximate surface area is 165 Å². The van der Waals surface area contributed by atoms with Gasteiger partial charge in [-0.05, 0) is 13.3 Å². The van der Waals surface area contributed by atoms with Crippen molar-refractivity contribution in [2.75, 3.05) is 6.54 Å². The molecule has 1 heterocycles. The molecular formula is C16H24N6O7. The Morgan fingerprint density at radius 1 is 1.10 bits per heavy atom. The lowest BCUT2D eigenvalue weighted by Gasteiger charge is -2.21. The number of imidazole rings is 1. The van der Waals surface area contributed by atoms with Gasteiger partial charge in [0, 0.05) is 24.7 Å². The zero-order valence-electron chi connectivity index (χ0n) is 15.7. The molecule has 1 aromatic rings. The largest absolute Gasteiger partial charge is 0.481 e. The minimum Gasteiger partial charge on any atom is -0.481 e. The maximum absolute atomic E-state index is 12.4. The number of aliphatic carboxylic acids is 2. The Kier molecular flexibility index (Phi) is 9.25. The molecule has 3 atom stereocenters. The van der Waals surface area contributed by atoms with Gasteiger partial charge in [-0.1, -0.05) is 0 Å².